The van der Waals surface area contributed by atoms with Gasteiger partial charge < -0.3 is 19.9 Å². The lowest BCUT2D eigenvalue weighted by Crippen LogP contribution is -2.54. The molecule has 2 amide bonds. The zero-order chi connectivity index (χ0) is 16.9. The van der Waals surface area contributed by atoms with Gasteiger partial charge in [-0.3, -0.25) is 14.4 Å². The second kappa shape index (κ2) is 7.10. The summed E-state index contributed by atoms with van der Waals surface area (Å²) in [7, 11) is 0. The molecule has 2 N–H and O–H groups in total. The van der Waals surface area contributed by atoms with Crippen molar-refractivity contribution in [3.8, 4) is 0 Å². The van der Waals surface area contributed by atoms with Crippen molar-refractivity contribution >= 4 is 17.5 Å². The third kappa shape index (κ3) is 3.52. The Hall–Kier alpha value is -2.93. The van der Waals surface area contributed by atoms with Gasteiger partial charge >= 0.3 is 0 Å². The van der Waals surface area contributed by atoms with Gasteiger partial charge in [-0.1, -0.05) is 30.3 Å². The molecule has 2 heterocycles. The minimum atomic E-state index is -0.786. The number of pyridine rings is 1. The molecule has 1 aliphatic rings. The number of ether oxygens (including phenoxy) is 1. The zero-order valence-corrected chi connectivity index (χ0v) is 12.9. The normalized spacial score (nSPS) is 17.6. The molecular weight excluding hydrogens is 310 g/mol. The lowest BCUT2D eigenvalue weighted by atomic mass is 10.1. The summed E-state index contributed by atoms with van der Waals surface area (Å²) < 4.78 is 5.21. The summed E-state index contributed by atoms with van der Waals surface area (Å²) in [4.78, 5) is 40.4. The van der Waals surface area contributed by atoms with Crippen LogP contribution in [-0.2, 0) is 20.9 Å². The van der Waals surface area contributed by atoms with Crippen molar-refractivity contribution in [3.63, 3.8) is 0 Å². The van der Waals surface area contributed by atoms with E-state index < -0.39 is 17.5 Å². The van der Waals surface area contributed by atoms with E-state index in [1.807, 2.05) is 30.3 Å². The monoisotopic (exact) mass is 327 g/mol. The number of nitrogens with one attached hydrogen (secondary N) is 2. The number of anilines is 1. The fourth-order valence-electron chi connectivity index (χ4n) is 2.54. The number of H-pyrrole nitrogens is 1. The van der Waals surface area contributed by atoms with Crippen molar-refractivity contribution in [2.75, 3.05) is 18.5 Å². The Morgan fingerprint density at radius 1 is 1.21 bits per heavy atom. The average Bonchev–Trinajstić information content (AvgIpc) is 2.59. The first kappa shape index (κ1) is 15.9. The maximum Gasteiger partial charge on any atom is 0.271 e. The lowest BCUT2D eigenvalue weighted by Gasteiger charge is -2.34. The second-order valence-electron chi connectivity index (χ2n) is 5.44. The van der Waals surface area contributed by atoms with E-state index in [2.05, 4.69) is 10.3 Å². The topological polar surface area (TPSA) is 91.5 Å². The number of morpholine rings is 1. The Labute approximate surface area is 138 Å². The van der Waals surface area contributed by atoms with Crippen molar-refractivity contribution in [2.45, 2.75) is 12.6 Å². The van der Waals surface area contributed by atoms with E-state index in [0.717, 1.165) is 5.56 Å². The molecule has 0 spiro atoms. The van der Waals surface area contributed by atoms with Crippen LogP contribution in [0, 0.1) is 0 Å². The maximum absolute atomic E-state index is 12.5. The summed E-state index contributed by atoms with van der Waals surface area (Å²) in [6.45, 7) is 0.351. The first-order valence-corrected chi connectivity index (χ1v) is 7.55. The molecule has 7 nitrogen and oxygen atoms in total. The fourth-order valence-corrected chi connectivity index (χ4v) is 2.54. The molecule has 0 bridgehead atoms. The molecule has 24 heavy (non-hydrogen) atoms. The Balaban J connectivity index is 1.78. The highest BCUT2D eigenvalue weighted by atomic mass is 16.5. The van der Waals surface area contributed by atoms with E-state index in [0.29, 0.717) is 6.54 Å². The van der Waals surface area contributed by atoms with E-state index in [4.69, 9.17) is 4.74 Å². The molecule has 3 rings (SSSR count). The first-order valence-electron chi connectivity index (χ1n) is 7.55. The summed E-state index contributed by atoms with van der Waals surface area (Å²) in [5, 5.41) is 2.56. The number of amides is 2. The van der Waals surface area contributed by atoms with E-state index in [1.54, 1.807) is 6.07 Å². The highest BCUT2D eigenvalue weighted by Gasteiger charge is 2.34. The molecule has 1 aromatic carbocycles. The number of rotatable bonds is 4. The van der Waals surface area contributed by atoms with Gasteiger partial charge in [-0.25, -0.2) is 0 Å². The van der Waals surface area contributed by atoms with Crippen LogP contribution in [0.25, 0.3) is 0 Å². The second-order valence-corrected chi connectivity index (χ2v) is 5.44. The van der Waals surface area contributed by atoms with Gasteiger partial charge in [0.25, 0.3) is 5.56 Å². The molecule has 124 valence electrons. The zero-order valence-electron chi connectivity index (χ0n) is 12.9. The molecule has 1 unspecified atom stereocenters. The van der Waals surface area contributed by atoms with Crippen LogP contribution in [0.4, 0.5) is 5.69 Å². The van der Waals surface area contributed by atoms with Crippen LogP contribution >= 0.6 is 0 Å². The largest absolute Gasteiger partial charge is 0.369 e. The molecule has 2 aromatic rings. The van der Waals surface area contributed by atoms with Crippen LogP contribution in [0.15, 0.2) is 53.5 Å². The number of hydrogen-bond acceptors (Lipinski definition) is 4. The number of benzene rings is 1. The predicted molar refractivity (Wildman–Crippen MR) is 87.3 cm³/mol. The first-order chi connectivity index (χ1) is 11.6. The van der Waals surface area contributed by atoms with Gasteiger partial charge in [-0.2, -0.15) is 0 Å². The molecule has 1 aromatic heterocycles. The third-order valence-corrected chi connectivity index (χ3v) is 3.77. The van der Waals surface area contributed by atoms with Gasteiger partial charge in [0.15, 0.2) is 0 Å². The Morgan fingerprint density at radius 2 is 2.00 bits per heavy atom. The van der Waals surface area contributed by atoms with Gasteiger partial charge in [0.05, 0.1) is 6.61 Å². The smallest absolute Gasteiger partial charge is 0.271 e. The van der Waals surface area contributed by atoms with Crippen LogP contribution in [-0.4, -0.2) is 41.0 Å². The van der Waals surface area contributed by atoms with Crippen LogP contribution in [0.3, 0.4) is 0 Å². The number of nitrogens with zero attached hydrogens (tertiary/aromatic N) is 1. The van der Waals surface area contributed by atoms with Gasteiger partial charge in [0, 0.05) is 12.7 Å². The predicted octanol–water partition coefficient (Wildman–Crippen LogP) is 0.741. The molecule has 1 atom stereocenters. The van der Waals surface area contributed by atoms with Crippen molar-refractivity contribution in [2.24, 2.45) is 0 Å². The quantitative estimate of drug-likeness (QED) is 0.866. The van der Waals surface area contributed by atoms with Crippen LogP contribution in [0.1, 0.15) is 5.56 Å². The van der Waals surface area contributed by atoms with Crippen molar-refractivity contribution in [1.29, 1.82) is 0 Å². The van der Waals surface area contributed by atoms with Gasteiger partial charge in [-0.15, -0.1) is 0 Å². The van der Waals surface area contributed by atoms with E-state index >= 15 is 0 Å². The highest BCUT2D eigenvalue weighted by molar-refractivity contribution is 5.97. The van der Waals surface area contributed by atoms with Crippen molar-refractivity contribution in [1.82, 2.24) is 9.88 Å². The third-order valence-electron chi connectivity index (χ3n) is 3.77. The molecule has 0 aliphatic carbocycles. The molecular formula is C17H17N3O4. The number of carbonyl (C=O) groups excluding carboxylic acids is 2. The lowest BCUT2D eigenvalue weighted by molar-refractivity contribution is -0.154. The summed E-state index contributed by atoms with van der Waals surface area (Å²) >= 11 is 0. The van der Waals surface area contributed by atoms with Crippen LogP contribution in [0.5, 0.6) is 0 Å². The Bertz CT molecular complexity index is 788. The molecule has 1 fully saturated rings. The molecule has 0 radical (unpaired) electrons. The summed E-state index contributed by atoms with van der Waals surface area (Å²) in [5.41, 5.74) is 0.659. The van der Waals surface area contributed by atoms with Gasteiger partial charge in [0.1, 0.15) is 18.3 Å². The van der Waals surface area contributed by atoms with E-state index in [-0.39, 0.29) is 24.8 Å². The molecule has 0 saturated carbocycles. The minimum absolute atomic E-state index is 0.0530. The van der Waals surface area contributed by atoms with E-state index in [1.165, 1.54) is 17.2 Å². The average molecular weight is 327 g/mol. The van der Waals surface area contributed by atoms with Gasteiger partial charge in [-0.05, 0) is 17.7 Å². The molecule has 1 aliphatic heterocycles. The minimum Gasteiger partial charge on any atom is -0.369 e. The standard InChI is InChI=1S/C17H17N3O4/c21-15-11-24-10-14(20(15)9-12-5-2-1-3-6-12)17(23)19-13-7-4-8-18-16(13)22/h1-8,14H,9-11H2,(H,18,22)(H,19,23). The fraction of sp³-hybridized carbons (Fsp3) is 0.235. The molecule has 7 heteroatoms. The number of hydrogen-bond donors (Lipinski definition) is 2. The van der Waals surface area contributed by atoms with Crippen molar-refractivity contribution in [3.05, 3.63) is 64.6 Å². The highest BCUT2D eigenvalue weighted by Crippen LogP contribution is 2.15. The van der Waals surface area contributed by atoms with E-state index in [9.17, 15) is 14.4 Å². The molecule has 1 saturated heterocycles. The SMILES string of the molecule is O=C(Nc1ccc[nH]c1=O)C1COCC(=O)N1Cc1ccccc1. The van der Waals surface area contributed by atoms with Crippen LogP contribution in [0.2, 0.25) is 0 Å². The Kier molecular flexibility index (Phi) is 4.72. The number of aromatic amines is 1. The summed E-state index contributed by atoms with van der Waals surface area (Å²) in [6.07, 6.45) is 1.48. The van der Waals surface area contributed by atoms with Crippen molar-refractivity contribution < 1.29 is 14.3 Å². The van der Waals surface area contributed by atoms with Crippen LogP contribution < -0.4 is 10.9 Å². The summed E-state index contributed by atoms with van der Waals surface area (Å²) in [5.74, 6) is -0.706. The number of carbonyl (C=O) groups is 2. The summed E-state index contributed by atoms with van der Waals surface area (Å²) in [6, 6.07) is 11.7. The Morgan fingerprint density at radius 3 is 2.75 bits per heavy atom. The number of aromatic nitrogens is 1. The maximum atomic E-state index is 12.5. The van der Waals surface area contributed by atoms with Gasteiger partial charge in [0.2, 0.25) is 11.8 Å².